The predicted molar refractivity (Wildman–Crippen MR) is 90.1 cm³/mol. The Hall–Kier alpha value is -1.36. The van der Waals surface area contributed by atoms with E-state index >= 15 is 0 Å². The van der Waals surface area contributed by atoms with E-state index in [0.717, 1.165) is 35.4 Å². The lowest BCUT2D eigenvalue weighted by Crippen LogP contribution is -2.45. The van der Waals surface area contributed by atoms with E-state index < -0.39 is 0 Å². The van der Waals surface area contributed by atoms with E-state index in [1.807, 2.05) is 46.7 Å². The fraction of sp³-hybridized carbons (Fsp3) is 0.312. The molecule has 0 radical (unpaired) electrons. The summed E-state index contributed by atoms with van der Waals surface area (Å²) in [5, 5.41) is 1.99. The van der Waals surface area contributed by atoms with Gasteiger partial charge in [0.1, 0.15) is 0 Å². The van der Waals surface area contributed by atoms with Crippen LogP contribution in [0.3, 0.4) is 0 Å². The molecule has 112 valence electrons. The predicted octanol–water partition coefficient (Wildman–Crippen LogP) is 3.40. The van der Waals surface area contributed by atoms with Crippen LogP contribution in [0.5, 0.6) is 0 Å². The Morgan fingerprint density at radius 1 is 1.24 bits per heavy atom. The van der Waals surface area contributed by atoms with Gasteiger partial charge in [0.15, 0.2) is 0 Å². The average molecular weight is 323 g/mol. The molecule has 1 saturated heterocycles. The standard InChI is InChI=1S/C16H18N2OS.ClH/c17-13-7-4-9-18(11-13)16(19)15-14(8-10-20-15)12-5-2-1-3-6-12;/h1-3,5-6,8,10,13H,4,7,9,11,17H2;1H. The first-order valence-electron chi connectivity index (χ1n) is 6.93. The minimum atomic E-state index is 0. The highest BCUT2D eigenvalue weighted by atomic mass is 35.5. The second-order valence-electron chi connectivity index (χ2n) is 5.18. The molecular weight excluding hydrogens is 304 g/mol. The summed E-state index contributed by atoms with van der Waals surface area (Å²) in [6.07, 6.45) is 2.01. The Morgan fingerprint density at radius 3 is 2.71 bits per heavy atom. The summed E-state index contributed by atoms with van der Waals surface area (Å²) in [5.41, 5.74) is 8.10. The molecule has 0 saturated carbocycles. The first-order valence-corrected chi connectivity index (χ1v) is 7.81. The van der Waals surface area contributed by atoms with Crippen LogP contribution in [0.2, 0.25) is 0 Å². The van der Waals surface area contributed by atoms with Crippen molar-refractivity contribution >= 4 is 29.7 Å². The maximum atomic E-state index is 12.7. The molecule has 3 nitrogen and oxygen atoms in total. The number of rotatable bonds is 2. The Bertz CT molecular complexity index is 599. The average Bonchev–Trinajstić information content (AvgIpc) is 2.97. The number of thiophene rings is 1. The molecule has 2 aromatic rings. The molecule has 1 atom stereocenters. The van der Waals surface area contributed by atoms with Crippen LogP contribution < -0.4 is 5.73 Å². The van der Waals surface area contributed by atoms with Gasteiger partial charge in [-0.25, -0.2) is 0 Å². The SMILES string of the molecule is Cl.NC1CCCN(C(=O)c2sccc2-c2ccccc2)C1. The van der Waals surface area contributed by atoms with Crippen molar-refractivity contribution in [3.8, 4) is 11.1 Å². The number of hydrogen-bond donors (Lipinski definition) is 1. The normalized spacial score (nSPS) is 18.1. The van der Waals surface area contributed by atoms with Gasteiger partial charge in [-0.3, -0.25) is 4.79 Å². The lowest BCUT2D eigenvalue weighted by molar-refractivity contribution is 0.0714. The highest BCUT2D eigenvalue weighted by Gasteiger charge is 2.25. The van der Waals surface area contributed by atoms with Gasteiger partial charge in [0, 0.05) is 24.7 Å². The smallest absolute Gasteiger partial charge is 0.264 e. The molecule has 1 unspecified atom stereocenters. The number of piperidine rings is 1. The number of hydrogen-bond acceptors (Lipinski definition) is 3. The zero-order valence-electron chi connectivity index (χ0n) is 11.7. The minimum Gasteiger partial charge on any atom is -0.336 e. The number of nitrogens with two attached hydrogens (primary N) is 1. The molecule has 3 rings (SSSR count). The summed E-state index contributed by atoms with van der Waals surface area (Å²) >= 11 is 1.52. The highest BCUT2D eigenvalue weighted by molar-refractivity contribution is 7.12. The van der Waals surface area contributed by atoms with Crippen molar-refractivity contribution in [1.29, 1.82) is 0 Å². The molecule has 0 spiro atoms. The molecule has 1 fully saturated rings. The third-order valence-electron chi connectivity index (χ3n) is 3.69. The molecule has 1 aliphatic rings. The van der Waals surface area contributed by atoms with Crippen LogP contribution in [-0.2, 0) is 0 Å². The maximum absolute atomic E-state index is 12.7. The molecule has 1 aromatic carbocycles. The van der Waals surface area contributed by atoms with Crippen LogP contribution in [0.1, 0.15) is 22.5 Å². The summed E-state index contributed by atoms with van der Waals surface area (Å²) in [6, 6.07) is 12.2. The van der Waals surface area contributed by atoms with E-state index in [1.165, 1.54) is 11.3 Å². The van der Waals surface area contributed by atoms with Gasteiger partial charge >= 0.3 is 0 Å². The molecule has 0 bridgehead atoms. The Morgan fingerprint density at radius 2 is 2.00 bits per heavy atom. The summed E-state index contributed by atoms with van der Waals surface area (Å²) in [7, 11) is 0. The van der Waals surface area contributed by atoms with Crippen molar-refractivity contribution < 1.29 is 4.79 Å². The number of nitrogens with zero attached hydrogens (tertiary/aromatic N) is 1. The molecule has 2 heterocycles. The lowest BCUT2D eigenvalue weighted by atomic mass is 10.0. The third-order valence-corrected chi connectivity index (χ3v) is 4.59. The first kappa shape index (κ1) is 16.0. The Balaban J connectivity index is 0.00000161. The zero-order chi connectivity index (χ0) is 13.9. The third kappa shape index (κ3) is 3.46. The van der Waals surface area contributed by atoms with Crippen LogP contribution in [-0.4, -0.2) is 29.9 Å². The molecule has 2 N–H and O–H groups in total. The molecule has 1 amide bonds. The van der Waals surface area contributed by atoms with E-state index in [9.17, 15) is 4.79 Å². The van der Waals surface area contributed by atoms with E-state index in [0.29, 0.717) is 6.54 Å². The van der Waals surface area contributed by atoms with Gasteiger partial charge in [0.25, 0.3) is 5.91 Å². The van der Waals surface area contributed by atoms with E-state index in [1.54, 1.807) is 0 Å². The molecule has 1 aliphatic heterocycles. The van der Waals surface area contributed by atoms with Gasteiger partial charge in [-0.1, -0.05) is 30.3 Å². The Labute approximate surface area is 135 Å². The zero-order valence-corrected chi connectivity index (χ0v) is 13.3. The second-order valence-corrected chi connectivity index (χ2v) is 6.10. The van der Waals surface area contributed by atoms with Crippen LogP contribution in [0.25, 0.3) is 11.1 Å². The van der Waals surface area contributed by atoms with Crippen molar-refractivity contribution in [2.75, 3.05) is 13.1 Å². The van der Waals surface area contributed by atoms with E-state index in [2.05, 4.69) is 0 Å². The van der Waals surface area contributed by atoms with Crippen LogP contribution >= 0.6 is 23.7 Å². The number of halogens is 1. The van der Waals surface area contributed by atoms with Crippen LogP contribution in [0.15, 0.2) is 41.8 Å². The fourth-order valence-corrected chi connectivity index (χ4v) is 3.54. The summed E-state index contributed by atoms with van der Waals surface area (Å²) < 4.78 is 0. The van der Waals surface area contributed by atoms with Crippen molar-refractivity contribution in [3.63, 3.8) is 0 Å². The Kier molecular flexibility index (Phi) is 5.39. The summed E-state index contributed by atoms with van der Waals surface area (Å²) in [5.74, 6) is 0.119. The van der Waals surface area contributed by atoms with Crippen molar-refractivity contribution in [3.05, 3.63) is 46.7 Å². The molecule has 5 heteroatoms. The van der Waals surface area contributed by atoms with Gasteiger partial charge in [-0.2, -0.15) is 0 Å². The van der Waals surface area contributed by atoms with Crippen LogP contribution in [0, 0.1) is 0 Å². The summed E-state index contributed by atoms with van der Waals surface area (Å²) in [4.78, 5) is 15.4. The largest absolute Gasteiger partial charge is 0.336 e. The molecule has 1 aromatic heterocycles. The van der Waals surface area contributed by atoms with Crippen molar-refractivity contribution in [2.45, 2.75) is 18.9 Å². The second kappa shape index (κ2) is 7.07. The molecule has 21 heavy (non-hydrogen) atoms. The molecule has 0 aliphatic carbocycles. The first-order chi connectivity index (χ1) is 9.75. The van der Waals surface area contributed by atoms with Gasteiger partial charge < -0.3 is 10.6 Å². The van der Waals surface area contributed by atoms with Gasteiger partial charge in [0.2, 0.25) is 0 Å². The van der Waals surface area contributed by atoms with Crippen molar-refractivity contribution in [1.82, 2.24) is 4.90 Å². The number of likely N-dealkylation sites (tertiary alicyclic amines) is 1. The maximum Gasteiger partial charge on any atom is 0.264 e. The van der Waals surface area contributed by atoms with Gasteiger partial charge in [-0.15, -0.1) is 23.7 Å². The number of carbonyl (C=O) groups is 1. The van der Waals surface area contributed by atoms with Crippen molar-refractivity contribution in [2.24, 2.45) is 5.73 Å². The monoisotopic (exact) mass is 322 g/mol. The van der Waals surface area contributed by atoms with Gasteiger partial charge in [0.05, 0.1) is 4.88 Å². The van der Waals surface area contributed by atoms with Gasteiger partial charge in [-0.05, 0) is 29.9 Å². The minimum absolute atomic E-state index is 0. The topological polar surface area (TPSA) is 46.3 Å². The summed E-state index contributed by atoms with van der Waals surface area (Å²) in [6.45, 7) is 1.49. The quantitative estimate of drug-likeness (QED) is 0.921. The number of carbonyl (C=O) groups excluding carboxylic acids is 1. The van der Waals surface area contributed by atoms with E-state index in [4.69, 9.17) is 5.73 Å². The highest BCUT2D eigenvalue weighted by Crippen LogP contribution is 2.29. The van der Waals surface area contributed by atoms with E-state index in [-0.39, 0.29) is 24.4 Å². The fourth-order valence-electron chi connectivity index (χ4n) is 2.66. The number of amides is 1. The number of benzene rings is 1. The lowest BCUT2D eigenvalue weighted by Gasteiger charge is -2.30. The molecular formula is C16H19ClN2OS. The van der Waals surface area contributed by atoms with Crippen LogP contribution in [0.4, 0.5) is 0 Å².